The van der Waals surface area contributed by atoms with E-state index >= 15 is 0 Å². The lowest BCUT2D eigenvalue weighted by molar-refractivity contribution is 0.631. The maximum absolute atomic E-state index is 13.7. The summed E-state index contributed by atoms with van der Waals surface area (Å²) < 4.78 is 15.2. The second kappa shape index (κ2) is 3.49. The first-order valence-electron chi connectivity index (χ1n) is 4.89. The van der Waals surface area contributed by atoms with E-state index in [2.05, 4.69) is 15.3 Å². The van der Waals surface area contributed by atoms with Crippen LogP contribution < -0.4 is 5.73 Å². The van der Waals surface area contributed by atoms with Crippen molar-refractivity contribution in [3.8, 4) is 10.6 Å². The third-order valence-electron chi connectivity index (χ3n) is 2.37. The van der Waals surface area contributed by atoms with E-state index in [-0.39, 0.29) is 5.82 Å². The summed E-state index contributed by atoms with van der Waals surface area (Å²) in [5, 5.41) is 12.6. The molecule has 0 unspecified atom stereocenters. The van der Waals surface area contributed by atoms with Crippen LogP contribution in [0.15, 0.2) is 18.2 Å². The van der Waals surface area contributed by atoms with Crippen LogP contribution in [0.25, 0.3) is 15.5 Å². The van der Waals surface area contributed by atoms with Crippen LogP contribution in [-0.4, -0.2) is 19.8 Å². The number of nitrogens with zero attached hydrogens (tertiary/aromatic N) is 4. The number of hydrogen-bond donors (Lipinski definition) is 1. The van der Waals surface area contributed by atoms with Crippen molar-refractivity contribution in [1.29, 1.82) is 0 Å². The number of hydrogen-bond acceptors (Lipinski definition) is 5. The van der Waals surface area contributed by atoms with Gasteiger partial charge in [-0.25, -0.2) is 4.39 Å². The molecule has 0 saturated heterocycles. The van der Waals surface area contributed by atoms with Crippen molar-refractivity contribution in [2.75, 3.05) is 5.73 Å². The minimum absolute atomic E-state index is 0.346. The van der Waals surface area contributed by atoms with Crippen molar-refractivity contribution in [2.24, 2.45) is 0 Å². The van der Waals surface area contributed by atoms with E-state index in [1.54, 1.807) is 17.5 Å². The molecule has 3 rings (SSSR count). The zero-order valence-electron chi connectivity index (χ0n) is 8.88. The van der Waals surface area contributed by atoms with Crippen LogP contribution in [0.2, 0.25) is 0 Å². The molecule has 0 spiro atoms. The van der Waals surface area contributed by atoms with Gasteiger partial charge in [0.15, 0.2) is 10.8 Å². The fraction of sp³-hybridized carbons (Fsp3) is 0.100. The van der Waals surface area contributed by atoms with Gasteiger partial charge in [0.1, 0.15) is 5.82 Å². The summed E-state index contributed by atoms with van der Waals surface area (Å²) >= 11 is 1.28. The monoisotopic (exact) mass is 249 g/mol. The lowest BCUT2D eigenvalue weighted by Gasteiger charge is -1.99. The van der Waals surface area contributed by atoms with Gasteiger partial charge in [0, 0.05) is 5.69 Å². The molecule has 0 atom stereocenters. The van der Waals surface area contributed by atoms with Crippen LogP contribution >= 0.6 is 11.3 Å². The van der Waals surface area contributed by atoms with E-state index in [4.69, 9.17) is 5.73 Å². The summed E-state index contributed by atoms with van der Waals surface area (Å²) in [6, 6.07) is 4.42. The smallest absolute Gasteiger partial charge is 0.234 e. The number of nitrogen functional groups attached to an aromatic ring is 1. The molecule has 0 radical (unpaired) electrons. The van der Waals surface area contributed by atoms with Gasteiger partial charge >= 0.3 is 0 Å². The summed E-state index contributed by atoms with van der Waals surface area (Å²) in [5.74, 6) is 0.327. The Labute approximate surface area is 99.7 Å². The maximum Gasteiger partial charge on any atom is 0.234 e. The predicted octanol–water partition coefficient (Wildman–Crippen LogP) is 1.88. The van der Waals surface area contributed by atoms with Crippen molar-refractivity contribution in [3.05, 3.63) is 29.8 Å². The van der Waals surface area contributed by atoms with E-state index < -0.39 is 0 Å². The standard InChI is InChI=1S/C10H8FN5S/c1-5-13-14-10-16(5)15-9(17-10)7-4-6(12)2-3-8(7)11/h2-4H,12H2,1H3. The quantitative estimate of drug-likeness (QED) is 0.668. The second-order valence-corrected chi connectivity index (χ2v) is 4.54. The van der Waals surface area contributed by atoms with Crippen molar-refractivity contribution in [2.45, 2.75) is 6.92 Å². The second-order valence-electron chi connectivity index (χ2n) is 3.59. The van der Waals surface area contributed by atoms with Gasteiger partial charge in [0.05, 0.1) is 5.56 Å². The topological polar surface area (TPSA) is 69.1 Å². The summed E-state index contributed by atoms with van der Waals surface area (Å²) in [7, 11) is 0. The molecule has 0 aliphatic carbocycles. The van der Waals surface area contributed by atoms with E-state index in [0.29, 0.717) is 27.0 Å². The van der Waals surface area contributed by atoms with Crippen LogP contribution in [0.4, 0.5) is 10.1 Å². The summed E-state index contributed by atoms with van der Waals surface area (Å²) in [6.07, 6.45) is 0. The molecule has 17 heavy (non-hydrogen) atoms. The molecule has 7 heteroatoms. The average Bonchev–Trinajstić information content (AvgIpc) is 2.85. The fourth-order valence-electron chi connectivity index (χ4n) is 1.53. The first-order valence-corrected chi connectivity index (χ1v) is 5.71. The van der Waals surface area contributed by atoms with Crippen LogP contribution in [0.1, 0.15) is 5.82 Å². The third kappa shape index (κ3) is 1.55. The van der Waals surface area contributed by atoms with Crippen molar-refractivity contribution < 1.29 is 4.39 Å². The van der Waals surface area contributed by atoms with Gasteiger partial charge in [0.2, 0.25) is 4.96 Å². The van der Waals surface area contributed by atoms with E-state index in [0.717, 1.165) is 0 Å². The Bertz CT molecular complexity index is 702. The molecule has 5 nitrogen and oxygen atoms in total. The largest absolute Gasteiger partial charge is 0.399 e. The van der Waals surface area contributed by atoms with Crippen LogP contribution in [0.5, 0.6) is 0 Å². The molecule has 2 heterocycles. The number of aromatic nitrogens is 4. The Morgan fingerprint density at radius 2 is 2.18 bits per heavy atom. The highest BCUT2D eigenvalue weighted by molar-refractivity contribution is 7.19. The molecule has 0 amide bonds. The first kappa shape index (κ1) is 10.2. The maximum atomic E-state index is 13.7. The first-order chi connectivity index (χ1) is 8.15. The summed E-state index contributed by atoms with van der Waals surface area (Å²) in [5.41, 5.74) is 6.53. The minimum atomic E-state index is -0.346. The Balaban J connectivity index is 2.23. The van der Waals surface area contributed by atoms with Gasteiger partial charge in [-0.3, -0.25) is 0 Å². The number of anilines is 1. The molecular formula is C10H8FN5S. The van der Waals surface area contributed by atoms with Gasteiger partial charge < -0.3 is 5.73 Å². The molecule has 2 aromatic heterocycles. The molecule has 0 bridgehead atoms. The highest BCUT2D eigenvalue weighted by Crippen LogP contribution is 2.28. The predicted molar refractivity (Wildman–Crippen MR) is 63.2 cm³/mol. The summed E-state index contributed by atoms with van der Waals surface area (Å²) in [4.78, 5) is 0.638. The molecule has 1 aromatic carbocycles. The zero-order valence-corrected chi connectivity index (χ0v) is 9.70. The fourth-order valence-corrected chi connectivity index (χ4v) is 2.43. The van der Waals surface area contributed by atoms with Crippen molar-refractivity contribution in [3.63, 3.8) is 0 Å². The highest BCUT2D eigenvalue weighted by Gasteiger charge is 2.13. The van der Waals surface area contributed by atoms with E-state index in [1.807, 2.05) is 0 Å². The molecular weight excluding hydrogens is 241 g/mol. The average molecular weight is 249 g/mol. The highest BCUT2D eigenvalue weighted by atomic mass is 32.1. The number of halogens is 1. The molecule has 0 fully saturated rings. The normalized spacial score (nSPS) is 11.2. The van der Waals surface area contributed by atoms with Crippen LogP contribution in [0.3, 0.4) is 0 Å². The van der Waals surface area contributed by atoms with Crippen LogP contribution in [-0.2, 0) is 0 Å². The van der Waals surface area contributed by atoms with Crippen molar-refractivity contribution >= 4 is 22.0 Å². The number of aryl methyl sites for hydroxylation is 1. The van der Waals surface area contributed by atoms with E-state index in [9.17, 15) is 4.39 Å². The minimum Gasteiger partial charge on any atom is -0.399 e. The van der Waals surface area contributed by atoms with Crippen molar-refractivity contribution in [1.82, 2.24) is 19.8 Å². The molecule has 3 aromatic rings. The van der Waals surface area contributed by atoms with Gasteiger partial charge in [-0.1, -0.05) is 11.3 Å². The molecule has 86 valence electrons. The molecule has 0 aliphatic heterocycles. The van der Waals surface area contributed by atoms with Crippen LogP contribution in [0, 0.1) is 12.7 Å². The van der Waals surface area contributed by atoms with Gasteiger partial charge in [-0.2, -0.15) is 9.61 Å². The van der Waals surface area contributed by atoms with Gasteiger partial charge in [-0.05, 0) is 25.1 Å². The Morgan fingerprint density at radius 3 is 2.94 bits per heavy atom. The number of benzene rings is 1. The molecule has 2 N–H and O–H groups in total. The molecule has 0 saturated carbocycles. The summed E-state index contributed by atoms with van der Waals surface area (Å²) in [6.45, 7) is 1.79. The van der Waals surface area contributed by atoms with Gasteiger partial charge in [-0.15, -0.1) is 10.2 Å². The Morgan fingerprint density at radius 1 is 1.35 bits per heavy atom. The lowest BCUT2D eigenvalue weighted by atomic mass is 10.2. The van der Waals surface area contributed by atoms with E-state index in [1.165, 1.54) is 23.5 Å². The lowest BCUT2D eigenvalue weighted by Crippen LogP contribution is -1.92. The number of nitrogens with two attached hydrogens (primary N) is 1. The third-order valence-corrected chi connectivity index (χ3v) is 3.30. The van der Waals surface area contributed by atoms with Gasteiger partial charge in [0.25, 0.3) is 0 Å². The zero-order chi connectivity index (χ0) is 12.0. The number of rotatable bonds is 1. The number of fused-ring (bicyclic) bond motifs is 1. The molecule has 0 aliphatic rings. The Hall–Kier alpha value is -2.02. The SMILES string of the molecule is Cc1nnc2sc(-c3cc(N)ccc3F)nn12. The Kier molecular flexibility index (Phi) is 2.08.